The van der Waals surface area contributed by atoms with E-state index in [2.05, 4.69) is 15.9 Å². The van der Waals surface area contributed by atoms with Gasteiger partial charge in [0.25, 0.3) is 0 Å². The van der Waals surface area contributed by atoms with Gasteiger partial charge in [-0.2, -0.15) is 8.78 Å². The summed E-state index contributed by atoms with van der Waals surface area (Å²) in [6.07, 6.45) is -2.18. The first kappa shape index (κ1) is 14.8. The number of rotatable bonds is 4. The normalized spacial score (nSPS) is 13.0. The zero-order valence-corrected chi connectivity index (χ0v) is 11.8. The van der Waals surface area contributed by atoms with Gasteiger partial charge in [-0.05, 0) is 17.7 Å². The van der Waals surface area contributed by atoms with E-state index in [4.69, 9.17) is 0 Å². The number of hydrogen-bond acceptors (Lipinski definition) is 2. The first-order valence-electron chi connectivity index (χ1n) is 5.84. The Labute approximate surface area is 123 Å². The first-order chi connectivity index (χ1) is 9.43. The van der Waals surface area contributed by atoms with Crippen LogP contribution in [0.15, 0.2) is 59.1 Å². The molecule has 5 heteroatoms. The molecule has 0 bridgehead atoms. The SMILES string of the molecule is O=C(c1ccccc1)C(F)(F)C(O)c1ccc(Br)cc1. The fourth-order valence-corrected chi connectivity index (χ4v) is 2.02. The summed E-state index contributed by atoms with van der Waals surface area (Å²) >= 11 is 3.17. The number of carbonyl (C=O) groups is 1. The number of aliphatic hydroxyl groups excluding tert-OH is 1. The molecule has 0 saturated carbocycles. The van der Waals surface area contributed by atoms with Crippen molar-refractivity contribution in [2.24, 2.45) is 0 Å². The monoisotopic (exact) mass is 340 g/mol. The van der Waals surface area contributed by atoms with Gasteiger partial charge in [0.1, 0.15) is 0 Å². The predicted octanol–water partition coefficient (Wildman–Crippen LogP) is 4.00. The van der Waals surface area contributed by atoms with Crippen molar-refractivity contribution in [2.75, 3.05) is 0 Å². The molecule has 1 unspecified atom stereocenters. The Morgan fingerprint density at radius 3 is 2.15 bits per heavy atom. The van der Waals surface area contributed by atoms with Gasteiger partial charge >= 0.3 is 5.92 Å². The van der Waals surface area contributed by atoms with Crippen LogP contribution in [0.25, 0.3) is 0 Å². The fourth-order valence-electron chi connectivity index (χ4n) is 1.76. The molecule has 0 amide bonds. The van der Waals surface area contributed by atoms with Crippen LogP contribution in [0.1, 0.15) is 22.0 Å². The van der Waals surface area contributed by atoms with Crippen molar-refractivity contribution < 1.29 is 18.7 Å². The second-order valence-electron chi connectivity index (χ2n) is 4.27. The van der Waals surface area contributed by atoms with Crippen molar-refractivity contribution in [1.82, 2.24) is 0 Å². The minimum Gasteiger partial charge on any atom is -0.382 e. The van der Waals surface area contributed by atoms with Crippen LogP contribution in [0.5, 0.6) is 0 Å². The highest BCUT2D eigenvalue weighted by atomic mass is 79.9. The zero-order chi connectivity index (χ0) is 14.8. The Bertz CT molecular complexity index is 597. The summed E-state index contributed by atoms with van der Waals surface area (Å²) in [5.41, 5.74) is -0.142. The molecule has 0 fully saturated rings. The van der Waals surface area contributed by atoms with E-state index >= 15 is 0 Å². The van der Waals surface area contributed by atoms with Crippen LogP contribution < -0.4 is 0 Å². The summed E-state index contributed by atoms with van der Waals surface area (Å²) in [5.74, 6) is -5.27. The number of hydrogen-bond donors (Lipinski definition) is 1. The molecule has 2 aromatic carbocycles. The first-order valence-corrected chi connectivity index (χ1v) is 6.63. The number of benzene rings is 2. The maximum Gasteiger partial charge on any atom is 0.339 e. The molecule has 0 spiro atoms. The summed E-state index contributed by atoms with van der Waals surface area (Å²) in [7, 11) is 0. The second kappa shape index (κ2) is 5.81. The Kier molecular flexibility index (Phi) is 4.30. The average Bonchev–Trinajstić information content (AvgIpc) is 2.47. The van der Waals surface area contributed by atoms with Crippen LogP contribution in [-0.2, 0) is 0 Å². The van der Waals surface area contributed by atoms with Crippen molar-refractivity contribution in [2.45, 2.75) is 12.0 Å². The molecule has 0 radical (unpaired) electrons. The summed E-state index contributed by atoms with van der Waals surface area (Å²) in [6.45, 7) is 0. The third kappa shape index (κ3) is 2.94. The molecule has 2 rings (SSSR count). The van der Waals surface area contributed by atoms with Gasteiger partial charge in [0.05, 0.1) is 0 Å². The maximum atomic E-state index is 14.1. The topological polar surface area (TPSA) is 37.3 Å². The van der Waals surface area contributed by atoms with E-state index in [1.807, 2.05) is 0 Å². The average molecular weight is 341 g/mol. The lowest BCUT2D eigenvalue weighted by molar-refractivity contribution is -0.0792. The van der Waals surface area contributed by atoms with Gasteiger partial charge in [-0.15, -0.1) is 0 Å². The standard InChI is InChI=1S/C15H11BrF2O2/c16-12-8-6-11(7-9-12)14(20)15(17,18)13(19)10-4-2-1-3-5-10/h1-9,14,20H. The summed E-state index contributed by atoms with van der Waals surface area (Å²) in [4.78, 5) is 11.8. The van der Waals surface area contributed by atoms with Crippen LogP contribution in [0.2, 0.25) is 0 Å². The molecular weight excluding hydrogens is 330 g/mol. The van der Waals surface area contributed by atoms with Crippen LogP contribution >= 0.6 is 15.9 Å². The van der Waals surface area contributed by atoms with Crippen molar-refractivity contribution in [1.29, 1.82) is 0 Å². The number of halogens is 3. The van der Waals surface area contributed by atoms with Crippen LogP contribution in [0.3, 0.4) is 0 Å². The third-order valence-electron chi connectivity index (χ3n) is 2.87. The Hall–Kier alpha value is -1.59. The summed E-state index contributed by atoms with van der Waals surface area (Å²) in [6, 6.07) is 13.0. The van der Waals surface area contributed by atoms with Crippen LogP contribution in [0.4, 0.5) is 8.78 Å². The largest absolute Gasteiger partial charge is 0.382 e. The lowest BCUT2D eigenvalue weighted by Gasteiger charge is -2.21. The smallest absolute Gasteiger partial charge is 0.339 e. The van der Waals surface area contributed by atoms with Crippen LogP contribution in [0, 0.1) is 0 Å². The molecule has 0 aliphatic rings. The van der Waals surface area contributed by atoms with Gasteiger partial charge in [0, 0.05) is 10.0 Å². The number of ketones is 1. The number of carbonyl (C=O) groups excluding carboxylic acids is 1. The van der Waals surface area contributed by atoms with E-state index in [0.717, 1.165) is 0 Å². The van der Waals surface area contributed by atoms with Crippen LogP contribution in [-0.4, -0.2) is 16.8 Å². The fraction of sp³-hybridized carbons (Fsp3) is 0.133. The lowest BCUT2D eigenvalue weighted by atomic mass is 9.96. The van der Waals surface area contributed by atoms with Gasteiger partial charge in [-0.1, -0.05) is 58.4 Å². The van der Waals surface area contributed by atoms with Gasteiger partial charge in [-0.25, -0.2) is 0 Å². The van der Waals surface area contributed by atoms with E-state index in [1.54, 1.807) is 6.07 Å². The summed E-state index contributed by atoms with van der Waals surface area (Å²) in [5, 5.41) is 9.78. The van der Waals surface area contributed by atoms with Crippen molar-refractivity contribution >= 4 is 21.7 Å². The Morgan fingerprint density at radius 2 is 1.60 bits per heavy atom. The van der Waals surface area contributed by atoms with Crippen molar-refractivity contribution in [3.05, 3.63) is 70.2 Å². The predicted molar refractivity (Wildman–Crippen MR) is 74.8 cm³/mol. The molecular formula is C15H11BrF2O2. The van der Waals surface area contributed by atoms with E-state index in [0.29, 0.717) is 4.47 Å². The Balaban J connectivity index is 2.29. The number of alkyl halides is 2. The molecule has 104 valence electrons. The van der Waals surface area contributed by atoms with Crippen molar-refractivity contribution in [3.63, 3.8) is 0 Å². The highest BCUT2D eigenvalue weighted by molar-refractivity contribution is 9.10. The molecule has 1 N–H and O–H groups in total. The number of Topliss-reactive ketones (excluding diaryl/α,β-unsaturated/α-hetero) is 1. The van der Waals surface area contributed by atoms with Gasteiger partial charge < -0.3 is 5.11 Å². The van der Waals surface area contributed by atoms with Gasteiger partial charge in [0.15, 0.2) is 6.10 Å². The minimum atomic E-state index is -3.88. The zero-order valence-electron chi connectivity index (χ0n) is 10.3. The molecule has 0 saturated heterocycles. The lowest BCUT2D eigenvalue weighted by Crippen LogP contribution is -2.35. The van der Waals surface area contributed by atoms with Crippen molar-refractivity contribution in [3.8, 4) is 0 Å². The molecule has 0 aliphatic carbocycles. The molecule has 20 heavy (non-hydrogen) atoms. The van der Waals surface area contributed by atoms with E-state index < -0.39 is 17.8 Å². The molecule has 2 aromatic rings. The second-order valence-corrected chi connectivity index (χ2v) is 5.19. The van der Waals surface area contributed by atoms with E-state index in [1.165, 1.54) is 48.5 Å². The van der Waals surface area contributed by atoms with Gasteiger partial charge in [0.2, 0.25) is 5.78 Å². The molecule has 0 heterocycles. The highest BCUT2D eigenvalue weighted by Crippen LogP contribution is 2.34. The number of aliphatic hydroxyl groups is 1. The highest BCUT2D eigenvalue weighted by Gasteiger charge is 2.47. The quantitative estimate of drug-likeness (QED) is 0.854. The molecule has 1 atom stereocenters. The maximum absolute atomic E-state index is 14.1. The Morgan fingerprint density at radius 1 is 1.05 bits per heavy atom. The minimum absolute atomic E-state index is 0.0116. The molecule has 2 nitrogen and oxygen atoms in total. The third-order valence-corrected chi connectivity index (χ3v) is 3.40. The molecule has 0 aromatic heterocycles. The summed E-state index contributed by atoms with van der Waals surface area (Å²) < 4.78 is 28.8. The van der Waals surface area contributed by atoms with E-state index in [9.17, 15) is 18.7 Å². The molecule has 0 aliphatic heterocycles. The van der Waals surface area contributed by atoms with E-state index in [-0.39, 0.29) is 11.1 Å². The van der Waals surface area contributed by atoms with Gasteiger partial charge in [-0.3, -0.25) is 4.79 Å².